The highest BCUT2D eigenvalue weighted by molar-refractivity contribution is 5.88. The first-order valence-electron chi connectivity index (χ1n) is 4.60. The van der Waals surface area contributed by atoms with E-state index in [4.69, 9.17) is 5.73 Å². The van der Waals surface area contributed by atoms with Gasteiger partial charge in [-0.05, 0) is 19.1 Å². The Balaban J connectivity index is 2.92. The molecule has 0 aliphatic rings. The summed E-state index contributed by atoms with van der Waals surface area (Å²) < 4.78 is 39.6. The Hall–Kier alpha value is -1.72. The fraction of sp³-hybridized carbons (Fsp3) is 0.300. The van der Waals surface area contributed by atoms with E-state index in [1.54, 1.807) is 6.92 Å². The summed E-state index contributed by atoms with van der Waals surface area (Å²) in [5, 5.41) is 4.41. The van der Waals surface area contributed by atoms with E-state index in [0.29, 0.717) is 11.1 Å². The van der Waals surface area contributed by atoms with Gasteiger partial charge in [-0.1, -0.05) is 0 Å². The highest BCUT2D eigenvalue weighted by Crippen LogP contribution is 2.36. The molecule has 0 saturated heterocycles. The molecule has 0 spiro atoms. The van der Waals surface area contributed by atoms with Gasteiger partial charge >= 0.3 is 6.18 Å². The van der Waals surface area contributed by atoms with Gasteiger partial charge in [-0.25, -0.2) is 0 Å². The first kappa shape index (κ1) is 10.8. The van der Waals surface area contributed by atoms with E-state index >= 15 is 0 Å². The molecule has 1 aromatic heterocycles. The van der Waals surface area contributed by atoms with Crippen LogP contribution >= 0.6 is 0 Å². The zero-order valence-corrected chi connectivity index (χ0v) is 8.76. The maximum Gasteiger partial charge on any atom is 0.418 e. The zero-order valence-electron chi connectivity index (χ0n) is 8.76. The predicted octanol–water partition coefficient (Wildman–Crippen LogP) is 2.48. The number of hydrogen-bond donors (Lipinski definition) is 1. The molecule has 0 unspecified atom stereocenters. The molecule has 0 aliphatic carbocycles. The number of nitrogens with zero attached hydrogens (tertiary/aromatic N) is 2. The molecule has 2 N–H and O–H groups in total. The second kappa shape index (κ2) is 3.13. The summed E-state index contributed by atoms with van der Waals surface area (Å²) >= 11 is 0. The van der Waals surface area contributed by atoms with Crippen LogP contribution in [0.4, 0.5) is 18.9 Å². The normalized spacial score (nSPS) is 12.3. The fourth-order valence-corrected chi connectivity index (χ4v) is 1.83. The largest absolute Gasteiger partial charge is 0.418 e. The summed E-state index contributed by atoms with van der Waals surface area (Å²) in [5.74, 6) is 0. The van der Waals surface area contributed by atoms with Gasteiger partial charge in [0, 0.05) is 18.1 Å². The van der Waals surface area contributed by atoms with Crippen LogP contribution in [0.5, 0.6) is 0 Å². The van der Waals surface area contributed by atoms with E-state index in [1.165, 1.54) is 17.8 Å². The van der Waals surface area contributed by atoms with Gasteiger partial charge in [-0.3, -0.25) is 4.68 Å². The van der Waals surface area contributed by atoms with Crippen molar-refractivity contribution in [2.24, 2.45) is 7.05 Å². The van der Waals surface area contributed by atoms with Gasteiger partial charge in [0.2, 0.25) is 0 Å². The van der Waals surface area contributed by atoms with Crippen LogP contribution in [0.15, 0.2) is 12.1 Å². The van der Waals surface area contributed by atoms with Gasteiger partial charge in [0.15, 0.2) is 0 Å². The molecule has 1 aromatic carbocycles. The summed E-state index contributed by atoms with van der Waals surface area (Å²) in [5.41, 5.74) is 5.42. The summed E-state index contributed by atoms with van der Waals surface area (Å²) in [7, 11) is 1.49. The van der Waals surface area contributed by atoms with Gasteiger partial charge in [-0.2, -0.15) is 18.3 Å². The van der Waals surface area contributed by atoms with E-state index in [-0.39, 0.29) is 11.2 Å². The predicted molar refractivity (Wildman–Crippen MR) is 54.9 cm³/mol. The molecule has 0 radical (unpaired) electrons. The van der Waals surface area contributed by atoms with Crippen LogP contribution < -0.4 is 5.73 Å². The maximum atomic E-state index is 12.8. The quantitative estimate of drug-likeness (QED) is 0.705. The van der Waals surface area contributed by atoms with Crippen molar-refractivity contribution in [3.63, 3.8) is 0 Å². The van der Waals surface area contributed by atoms with Crippen molar-refractivity contribution in [2.45, 2.75) is 13.1 Å². The van der Waals surface area contributed by atoms with Crippen LogP contribution in [0.1, 0.15) is 11.3 Å². The molecule has 0 saturated carbocycles. The number of benzene rings is 1. The third-order valence-corrected chi connectivity index (χ3v) is 2.45. The average Bonchev–Trinajstić information content (AvgIpc) is 2.40. The van der Waals surface area contributed by atoms with Gasteiger partial charge in [0.25, 0.3) is 0 Å². The van der Waals surface area contributed by atoms with Crippen LogP contribution in [0.25, 0.3) is 10.9 Å². The lowest BCUT2D eigenvalue weighted by Gasteiger charge is -2.10. The number of fused-ring (bicyclic) bond motifs is 1. The van der Waals surface area contributed by atoms with Crippen LogP contribution in [-0.2, 0) is 13.2 Å². The molecule has 2 aromatic rings. The fourth-order valence-electron chi connectivity index (χ4n) is 1.83. The van der Waals surface area contributed by atoms with Gasteiger partial charge in [0.1, 0.15) is 0 Å². The Kier molecular flexibility index (Phi) is 2.11. The number of aryl methyl sites for hydroxylation is 2. The van der Waals surface area contributed by atoms with E-state index in [9.17, 15) is 13.2 Å². The minimum absolute atomic E-state index is 0.0687. The summed E-state index contributed by atoms with van der Waals surface area (Å²) in [4.78, 5) is 0. The Bertz CT molecular complexity index is 554. The molecule has 1 heterocycles. The van der Waals surface area contributed by atoms with Crippen LogP contribution in [0, 0.1) is 6.92 Å². The Labute approximate surface area is 89.7 Å². The van der Waals surface area contributed by atoms with Gasteiger partial charge in [0.05, 0.1) is 16.8 Å². The zero-order chi connectivity index (χ0) is 12.1. The monoisotopic (exact) mass is 229 g/mol. The molecule has 86 valence electrons. The number of nitrogens with two attached hydrogens (primary N) is 1. The van der Waals surface area contributed by atoms with Gasteiger partial charge in [-0.15, -0.1) is 0 Å². The smallest absolute Gasteiger partial charge is 0.399 e. The molecule has 6 heteroatoms. The molecule has 0 fully saturated rings. The second-order valence-corrected chi connectivity index (χ2v) is 3.67. The SMILES string of the molecule is Cc1nn(C)c2c(C(F)(F)F)cc(N)cc12. The van der Waals surface area contributed by atoms with E-state index in [1.807, 2.05) is 0 Å². The molecule has 0 bridgehead atoms. The van der Waals surface area contributed by atoms with Crippen molar-refractivity contribution in [1.29, 1.82) is 0 Å². The number of aromatic nitrogens is 2. The van der Waals surface area contributed by atoms with E-state index in [0.717, 1.165) is 6.07 Å². The molecule has 0 amide bonds. The highest BCUT2D eigenvalue weighted by atomic mass is 19.4. The standard InChI is InChI=1S/C10H10F3N3/c1-5-7-3-6(14)4-8(10(11,12)13)9(7)16(2)15-5/h3-4H,14H2,1-2H3. The summed E-state index contributed by atoms with van der Waals surface area (Å²) in [6, 6.07) is 2.44. The molecular formula is C10H10F3N3. The molecule has 0 atom stereocenters. The maximum absolute atomic E-state index is 12.8. The summed E-state index contributed by atoms with van der Waals surface area (Å²) in [6.07, 6.45) is -4.42. The number of alkyl halides is 3. The van der Waals surface area contributed by atoms with Crippen LogP contribution in [0.2, 0.25) is 0 Å². The summed E-state index contributed by atoms with van der Waals surface area (Å²) in [6.45, 7) is 1.65. The third-order valence-electron chi connectivity index (χ3n) is 2.45. The van der Waals surface area contributed by atoms with Crippen molar-refractivity contribution < 1.29 is 13.2 Å². The molecule has 0 aliphatic heterocycles. The molecular weight excluding hydrogens is 219 g/mol. The van der Waals surface area contributed by atoms with Gasteiger partial charge < -0.3 is 5.73 Å². The number of nitrogen functional groups attached to an aromatic ring is 1. The van der Waals surface area contributed by atoms with Crippen molar-refractivity contribution in [3.8, 4) is 0 Å². The number of hydrogen-bond acceptors (Lipinski definition) is 2. The van der Waals surface area contributed by atoms with E-state index in [2.05, 4.69) is 5.10 Å². The Morgan fingerprint density at radius 1 is 1.31 bits per heavy atom. The Morgan fingerprint density at radius 3 is 2.50 bits per heavy atom. The average molecular weight is 229 g/mol. The van der Waals surface area contributed by atoms with Crippen molar-refractivity contribution in [3.05, 3.63) is 23.4 Å². The van der Waals surface area contributed by atoms with Crippen LogP contribution in [-0.4, -0.2) is 9.78 Å². The number of halogens is 3. The molecule has 16 heavy (non-hydrogen) atoms. The lowest BCUT2D eigenvalue weighted by atomic mass is 10.1. The number of anilines is 1. The first-order valence-corrected chi connectivity index (χ1v) is 4.60. The lowest BCUT2D eigenvalue weighted by Crippen LogP contribution is -2.08. The number of rotatable bonds is 0. The topological polar surface area (TPSA) is 43.8 Å². The van der Waals surface area contributed by atoms with Crippen LogP contribution in [0.3, 0.4) is 0 Å². The first-order chi connectivity index (χ1) is 7.30. The highest BCUT2D eigenvalue weighted by Gasteiger charge is 2.34. The minimum Gasteiger partial charge on any atom is -0.399 e. The molecule has 2 rings (SSSR count). The second-order valence-electron chi connectivity index (χ2n) is 3.67. The Morgan fingerprint density at radius 2 is 1.94 bits per heavy atom. The van der Waals surface area contributed by atoms with Crippen molar-refractivity contribution in [2.75, 3.05) is 5.73 Å². The van der Waals surface area contributed by atoms with Crippen molar-refractivity contribution >= 4 is 16.6 Å². The lowest BCUT2D eigenvalue weighted by molar-refractivity contribution is -0.136. The van der Waals surface area contributed by atoms with E-state index < -0.39 is 11.7 Å². The van der Waals surface area contributed by atoms with Crippen molar-refractivity contribution in [1.82, 2.24) is 9.78 Å². The minimum atomic E-state index is -4.42. The molecule has 3 nitrogen and oxygen atoms in total. The third kappa shape index (κ3) is 1.50.